The number of pyridine rings is 1. The molecule has 0 radical (unpaired) electrons. The zero-order chi connectivity index (χ0) is 16.9. The van der Waals surface area contributed by atoms with Gasteiger partial charge in [0.05, 0.1) is 11.2 Å². The highest BCUT2D eigenvalue weighted by Crippen LogP contribution is 2.42. The zero-order valence-electron chi connectivity index (χ0n) is 13.2. The van der Waals surface area contributed by atoms with Crippen LogP contribution in [0.4, 0.5) is 8.78 Å². The molecule has 0 unspecified atom stereocenters. The summed E-state index contributed by atoms with van der Waals surface area (Å²) in [6.45, 7) is 3.55. The van der Waals surface area contributed by atoms with Crippen LogP contribution in [0.15, 0.2) is 48.5 Å². The standard InChI is InChI=1S/C19H14F2N2S/c1-11-12(2)24-18(22-11)19(20,21)17-15-9-4-3-7-13(15)14-8-5-6-10-16(14)23-17/h3-10H,1-2H3. The summed E-state index contributed by atoms with van der Waals surface area (Å²) in [7, 11) is 0. The van der Waals surface area contributed by atoms with E-state index in [1.54, 1.807) is 32.0 Å². The molecule has 0 saturated carbocycles. The van der Waals surface area contributed by atoms with Crippen molar-refractivity contribution in [2.45, 2.75) is 19.8 Å². The van der Waals surface area contributed by atoms with Crippen molar-refractivity contribution < 1.29 is 8.78 Å². The largest absolute Gasteiger partial charge is 0.341 e. The Kier molecular flexibility index (Phi) is 3.35. The Hall–Kier alpha value is -2.40. The second-order valence-electron chi connectivity index (χ2n) is 5.76. The SMILES string of the molecule is Cc1nc(C(F)(F)c2nc3ccccc3c3ccccc23)sc1C. The number of rotatable bonds is 2. The Morgan fingerprint density at radius 3 is 2.12 bits per heavy atom. The Morgan fingerprint density at radius 1 is 0.833 bits per heavy atom. The van der Waals surface area contributed by atoms with Crippen molar-refractivity contribution in [2.24, 2.45) is 0 Å². The number of hydrogen-bond acceptors (Lipinski definition) is 3. The van der Waals surface area contributed by atoms with Gasteiger partial charge in [-0.15, -0.1) is 11.3 Å². The molecule has 0 amide bonds. The monoisotopic (exact) mass is 340 g/mol. The van der Waals surface area contributed by atoms with Crippen LogP contribution in [0.5, 0.6) is 0 Å². The molecule has 0 atom stereocenters. The lowest BCUT2D eigenvalue weighted by molar-refractivity contribution is 0.0397. The van der Waals surface area contributed by atoms with Crippen LogP contribution in [0, 0.1) is 13.8 Å². The number of para-hydroxylation sites is 1. The normalized spacial score (nSPS) is 12.2. The number of thiazole rings is 1. The van der Waals surface area contributed by atoms with E-state index in [0.29, 0.717) is 16.6 Å². The van der Waals surface area contributed by atoms with E-state index < -0.39 is 5.92 Å². The summed E-state index contributed by atoms with van der Waals surface area (Å²) in [5.74, 6) is -3.23. The Bertz CT molecular complexity index is 1050. The first kappa shape index (κ1) is 15.1. The quantitative estimate of drug-likeness (QED) is 0.444. The average molecular weight is 340 g/mol. The first-order valence-electron chi connectivity index (χ1n) is 7.59. The average Bonchev–Trinajstić information content (AvgIpc) is 2.94. The van der Waals surface area contributed by atoms with E-state index in [9.17, 15) is 0 Å². The van der Waals surface area contributed by atoms with Gasteiger partial charge in [-0.05, 0) is 25.3 Å². The minimum Gasteiger partial charge on any atom is -0.245 e. The molecule has 120 valence electrons. The molecule has 2 nitrogen and oxygen atoms in total. The van der Waals surface area contributed by atoms with Gasteiger partial charge in [0.25, 0.3) is 0 Å². The number of aryl methyl sites for hydroxylation is 2. The molecular weight excluding hydrogens is 326 g/mol. The third-order valence-corrected chi connectivity index (χ3v) is 5.35. The Labute approximate surface area is 141 Å². The van der Waals surface area contributed by atoms with Gasteiger partial charge in [0.15, 0.2) is 5.01 Å². The number of halogens is 2. The predicted molar refractivity (Wildman–Crippen MR) is 93.8 cm³/mol. The summed E-state index contributed by atoms with van der Waals surface area (Å²) in [6.07, 6.45) is 0. The predicted octanol–water partition coefficient (Wildman–Crippen LogP) is 5.60. The van der Waals surface area contributed by atoms with Crippen molar-refractivity contribution >= 4 is 33.0 Å². The van der Waals surface area contributed by atoms with Crippen molar-refractivity contribution in [1.82, 2.24) is 9.97 Å². The van der Waals surface area contributed by atoms with Crippen LogP contribution in [-0.2, 0) is 5.92 Å². The third-order valence-electron chi connectivity index (χ3n) is 4.20. The summed E-state index contributed by atoms with van der Waals surface area (Å²) in [4.78, 5) is 9.18. The number of benzene rings is 2. The summed E-state index contributed by atoms with van der Waals surface area (Å²) in [5.41, 5.74) is 0.973. The van der Waals surface area contributed by atoms with E-state index in [1.165, 1.54) is 0 Å². The molecule has 0 spiro atoms. The van der Waals surface area contributed by atoms with Gasteiger partial charge in [-0.25, -0.2) is 9.97 Å². The molecule has 4 aromatic rings. The van der Waals surface area contributed by atoms with Crippen LogP contribution < -0.4 is 0 Å². The third kappa shape index (κ3) is 2.19. The van der Waals surface area contributed by atoms with E-state index in [4.69, 9.17) is 0 Å². The van der Waals surface area contributed by atoms with Crippen LogP contribution in [0.3, 0.4) is 0 Å². The maximum Gasteiger partial charge on any atom is 0.341 e. The summed E-state index contributed by atoms with van der Waals surface area (Å²) >= 11 is 1.03. The molecule has 4 rings (SSSR count). The summed E-state index contributed by atoms with van der Waals surface area (Å²) in [6, 6.07) is 14.5. The van der Waals surface area contributed by atoms with Crippen molar-refractivity contribution in [3.63, 3.8) is 0 Å². The lowest BCUT2D eigenvalue weighted by Gasteiger charge is -2.17. The van der Waals surface area contributed by atoms with E-state index in [2.05, 4.69) is 9.97 Å². The van der Waals surface area contributed by atoms with Crippen LogP contribution >= 0.6 is 11.3 Å². The topological polar surface area (TPSA) is 25.8 Å². The summed E-state index contributed by atoms with van der Waals surface area (Å²) < 4.78 is 30.4. The maximum atomic E-state index is 15.2. The first-order valence-corrected chi connectivity index (χ1v) is 8.40. The molecule has 2 heterocycles. The highest BCUT2D eigenvalue weighted by Gasteiger charge is 2.41. The van der Waals surface area contributed by atoms with Gasteiger partial charge < -0.3 is 0 Å². The zero-order valence-corrected chi connectivity index (χ0v) is 14.0. The van der Waals surface area contributed by atoms with E-state index in [1.807, 2.05) is 30.3 Å². The van der Waals surface area contributed by atoms with E-state index in [-0.39, 0.29) is 10.7 Å². The molecule has 24 heavy (non-hydrogen) atoms. The molecule has 0 bridgehead atoms. The lowest BCUT2D eigenvalue weighted by atomic mass is 10.0. The van der Waals surface area contributed by atoms with Crippen molar-refractivity contribution in [1.29, 1.82) is 0 Å². The molecule has 0 saturated heterocycles. The highest BCUT2D eigenvalue weighted by molar-refractivity contribution is 7.11. The van der Waals surface area contributed by atoms with Crippen molar-refractivity contribution in [3.8, 4) is 0 Å². The maximum absolute atomic E-state index is 15.2. The number of nitrogens with zero attached hydrogens (tertiary/aromatic N) is 2. The fourth-order valence-electron chi connectivity index (χ4n) is 2.85. The summed E-state index contributed by atoms with van der Waals surface area (Å²) in [5, 5.41) is 1.92. The minimum absolute atomic E-state index is 0.203. The fourth-order valence-corrected chi connectivity index (χ4v) is 3.74. The molecule has 0 aliphatic rings. The van der Waals surface area contributed by atoms with E-state index >= 15 is 8.78 Å². The van der Waals surface area contributed by atoms with Crippen molar-refractivity contribution in [2.75, 3.05) is 0 Å². The number of hydrogen-bond donors (Lipinski definition) is 0. The Balaban J connectivity index is 2.07. The van der Waals surface area contributed by atoms with Crippen LogP contribution in [0.2, 0.25) is 0 Å². The highest BCUT2D eigenvalue weighted by atomic mass is 32.1. The van der Waals surface area contributed by atoms with Crippen molar-refractivity contribution in [3.05, 3.63) is 69.8 Å². The smallest absolute Gasteiger partial charge is 0.245 e. The second-order valence-corrected chi connectivity index (χ2v) is 6.96. The Morgan fingerprint density at radius 2 is 1.46 bits per heavy atom. The number of fused-ring (bicyclic) bond motifs is 3. The molecule has 0 N–H and O–H groups in total. The van der Waals surface area contributed by atoms with E-state index in [0.717, 1.165) is 27.0 Å². The van der Waals surface area contributed by atoms with Crippen LogP contribution in [0.25, 0.3) is 21.7 Å². The van der Waals surface area contributed by atoms with Crippen LogP contribution in [0.1, 0.15) is 21.3 Å². The number of aromatic nitrogens is 2. The van der Waals surface area contributed by atoms with Gasteiger partial charge >= 0.3 is 5.92 Å². The molecule has 5 heteroatoms. The molecular formula is C19H14F2N2S. The van der Waals surface area contributed by atoms with Gasteiger partial charge in [-0.3, -0.25) is 0 Å². The van der Waals surface area contributed by atoms with Gasteiger partial charge in [0.2, 0.25) is 0 Å². The molecule has 0 fully saturated rings. The van der Waals surface area contributed by atoms with Gasteiger partial charge in [-0.1, -0.05) is 42.5 Å². The molecule has 0 aliphatic carbocycles. The number of alkyl halides is 2. The van der Waals surface area contributed by atoms with Crippen LogP contribution in [-0.4, -0.2) is 9.97 Å². The molecule has 0 aliphatic heterocycles. The van der Waals surface area contributed by atoms with Gasteiger partial charge in [-0.2, -0.15) is 8.78 Å². The molecule has 2 aromatic heterocycles. The first-order chi connectivity index (χ1) is 11.5. The van der Waals surface area contributed by atoms with Gasteiger partial charge in [0, 0.05) is 15.6 Å². The lowest BCUT2D eigenvalue weighted by Crippen LogP contribution is -2.17. The molecule has 2 aromatic carbocycles. The minimum atomic E-state index is -3.23. The fraction of sp³-hybridized carbons (Fsp3) is 0.158. The van der Waals surface area contributed by atoms with Gasteiger partial charge in [0.1, 0.15) is 5.69 Å². The second kappa shape index (κ2) is 5.31.